The van der Waals surface area contributed by atoms with E-state index >= 15 is 0 Å². The molecule has 0 saturated heterocycles. The maximum Gasteiger partial charge on any atom is 0.323 e. The Kier molecular flexibility index (Phi) is 4.85. The molecule has 0 saturated carbocycles. The SMILES string of the molecule is O=C(Nc1ccc(F)cc1)Nc1cccc(-c2ccc3nnc(-c4cccs4)n3n2)c1. The highest BCUT2D eigenvalue weighted by atomic mass is 32.1. The lowest BCUT2D eigenvalue weighted by atomic mass is 10.1. The first-order valence-corrected chi connectivity index (χ1v) is 10.2. The van der Waals surface area contributed by atoms with Crippen LogP contribution in [0.15, 0.2) is 78.2 Å². The third kappa shape index (κ3) is 3.99. The monoisotopic (exact) mass is 430 g/mol. The number of anilines is 2. The Bertz CT molecular complexity index is 1360. The second-order valence-electron chi connectivity index (χ2n) is 6.66. The molecule has 3 heterocycles. The number of amides is 2. The fourth-order valence-electron chi connectivity index (χ4n) is 3.09. The van der Waals surface area contributed by atoms with Gasteiger partial charge in [0.15, 0.2) is 11.5 Å². The van der Waals surface area contributed by atoms with E-state index in [0.29, 0.717) is 28.5 Å². The number of rotatable bonds is 4. The topological polar surface area (TPSA) is 84.2 Å². The molecule has 2 amide bonds. The van der Waals surface area contributed by atoms with Crippen molar-refractivity contribution in [2.75, 3.05) is 10.6 Å². The summed E-state index contributed by atoms with van der Waals surface area (Å²) >= 11 is 1.57. The number of urea groups is 1. The highest BCUT2D eigenvalue weighted by molar-refractivity contribution is 7.13. The van der Waals surface area contributed by atoms with Crippen molar-refractivity contribution in [2.24, 2.45) is 0 Å². The van der Waals surface area contributed by atoms with Crippen LogP contribution in [-0.2, 0) is 0 Å². The average molecular weight is 430 g/mol. The Morgan fingerprint density at radius 1 is 0.903 bits per heavy atom. The van der Waals surface area contributed by atoms with E-state index in [4.69, 9.17) is 5.10 Å². The summed E-state index contributed by atoms with van der Waals surface area (Å²) in [6.07, 6.45) is 0. The fourth-order valence-corrected chi connectivity index (χ4v) is 3.78. The molecule has 0 aliphatic heterocycles. The third-order valence-electron chi connectivity index (χ3n) is 4.52. The molecule has 2 N–H and O–H groups in total. The van der Waals surface area contributed by atoms with E-state index in [0.717, 1.165) is 10.4 Å². The summed E-state index contributed by atoms with van der Waals surface area (Å²) in [5.41, 5.74) is 3.29. The smallest absolute Gasteiger partial charge is 0.308 e. The number of carbonyl (C=O) groups excluding carboxylic acids is 1. The summed E-state index contributed by atoms with van der Waals surface area (Å²) in [5, 5.41) is 20.5. The predicted octanol–water partition coefficient (Wildman–Crippen LogP) is 5.30. The molecule has 2 aromatic carbocycles. The van der Waals surface area contributed by atoms with Crippen molar-refractivity contribution in [3.05, 3.63) is 84.0 Å². The van der Waals surface area contributed by atoms with Crippen molar-refractivity contribution in [3.63, 3.8) is 0 Å². The van der Waals surface area contributed by atoms with Crippen molar-refractivity contribution in [1.82, 2.24) is 19.8 Å². The van der Waals surface area contributed by atoms with Gasteiger partial charge in [0.25, 0.3) is 0 Å². The lowest BCUT2D eigenvalue weighted by Gasteiger charge is -2.09. The van der Waals surface area contributed by atoms with Gasteiger partial charge in [0.1, 0.15) is 5.82 Å². The van der Waals surface area contributed by atoms with Crippen LogP contribution >= 0.6 is 11.3 Å². The first-order valence-electron chi connectivity index (χ1n) is 9.36. The standard InChI is InChI=1S/C22H15FN6OS/c23-15-6-8-16(9-7-15)24-22(30)25-17-4-1-3-14(13-17)18-10-11-20-26-27-21(29(20)28-18)19-5-2-12-31-19/h1-13H,(H2,24,25,30). The molecule has 0 atom stereocenters. The van der Waals surface area contributed by atoms with Gasteiger partial charge in [-0.15, -0.1) is 21.5 Å². The summed E-state index contributed by atoms with van der Waals surface area (Å²) in [6.45, 7) is 0. The average Bonchev–Trinajstić information content (AvgIpc) is 3.44. The van der Waals surface area contributed by atoms with Gasteiger partial charge >= 0.3 is 6.03 Å². The number of thiophene rings is 1. The lowest BCUT2D eigenvalue weighted by molar-refractivity contribution is 0.262. The summed E-state index contributed by atoms with van der Waals surface area (Å²) < 4.78 is 14.7. The minimum absolute atomic E-state index is 0.363. The molecule has 152 valence electrons. The first-order chi connectivity index (χ1) is 15.2. The van der Waals surface area contributed by atoms with E-state index in [9.17, 15) is 9.18 Å². The highest BCUT2D eigenvalue weighted by Crippen LogP contribution is 2.25. The van der Waals surface area contributed by atoms with E-state index in [1.54, 1.807) is 21.9 Å². The van der Waals surface area contributed by atoms with Gasteiger partial charge in [-0.3, -0.25) is 0 Å². The lowest BCUT2D eigenvalue weighted by Crippen LogP contribution is -2.19. The summed E-state index contributed by atoms with van der Waals surface area (Å²) in [5.74, 6) is 0.318. The van der Waals surface area contributed by atoms with E-state index in [2.05, 4.69) is 20.8 Å². The molecule has 9 heteroatoms. The quantitative estimate of drug-likeness (QED) is 0.405. The second-order valence-corrected chi connectivity index (χ2v) is 7.60. The number of aromatic nitrogens is 4. The molecular weight excluding hydrogens is 415 g/mol. The van der Waals surface area contributed by atoms with Crippen molar-refractivity contribution in [1.29, 1.82) is 0 Å². The minimum atomic E-state index is -0.425. The highest BCUT2D eigenvalue weighted by Gasteiger charge is 2.12. The molecule has 31 heavy (non-hydrogen) atoms. The number of halogens is 1. The second kappa shape index (κ2) is 7.96. The molecule has 7 nitrogen and oxygen atoms in total. The van der Waals surface area contributed by atoms with Crippen LogP contribution < -0.4 is 10.6 Å². The number of hydrogen-bond acceptors (Lipinski definition) is 5. The normalized spacial score (nSPS) is 10.9. The number of carbonyl (C=O) groups is 1. The Morgan fingerprint density at radius 3 is 2.55 bits per heavy atom. The van der Waals surface area contributed by atoms with E-state index < -0.39 is 6.03 Å². The van der Waals surface area contributed by atoms with Crippen LogP contribution in [0.2, 0.25) is 0 Å². The Labute approximate surface area is 180 Å². The van der Waals surface area contributed by atoms with Crippen LogP contribution in [0, 0.1) is 5.82 Å². The van der Waals surface area contributed by atoms with E-state index in [1.165, 1.54) is 24.3 Å². The zero-order valence-electron chi connectivity index (χ0n) is 16.0. The number of nitrogens with one attached hydrogen (secondary N) is 2. The number of benzene rings is 2. The molecule has 5 aromatic rings. The Morgan fingerprint density at radius 2 is 1.74 bits per heavy atom. The van der Waals surface area contributed by atoms with Crippen LogP contribution in [0.1, 0.15) is 0 Å². The van der Waals surface area contributed by atoms with Gasteiger partial charge in [-0.05, 0) is 60.0 Å². The maximum absolute atomic E-state index is 13.0. The summed E-state index contributed by atoms with van der Waals surface area (Å²) in [7, 11) is 0. The molecule has 3 aromatic heterocycles. The fraction of sp³-hybridized carbons (Fsp3) is 0. The van der Waals surface area contributed by atoms with Gasteiger partial charge in [-0.1, -0.05) is 18.2 Å². The predicted molar refractivity (Wildman–Crippen MR) is 119 cm³/mol. The zero-order valence-corrected chi connectivity index (χ0v) is 16.8. The van der Waals surface area contributed by atoms with Gasteiger partial charge in [-0.25, -0.2) is 9.18 Å². The molecule has 0 bridgehead atoms. The minimum Gasteiger partial charge on any atom is -0.308 e. The molecule has 5 rings (SSSR count). The first kappa shape index (κ1) is 18.9. The van der Waals surface area contributed by atoms with Gasteiger partial charge in [0, 0.05) is 16.9 Å². The van der Waals surface area contributed by atoms with Crippen LogP contribution in [0.25, 0.3) is 27.6 Å². The van der Waals surface area contributed by atoms with Crippen molar-refractivity contribution in [2.45, 2.75) is 0 Å². The molecular formula is C22H15FN6OS. The summed E-state index contributed by atoms with van der Waals surface area (Å²) in [6, 6.07) is 20.1. The largest absolute Gasteiger partial charge is 0.323 e. The van der Waals surface area contributed by atoms with Crippen molar-refractivity contribution in [3.8, 4) is 22.0 Å². The molecule has 0 aliphatic rings. The Balaban J connectivity index is 1.39. The van der Waals surface area contributed by atoms with E-state index in [-0.39, 0.29) is 5.82 Å². The molecule has 0 unspecified atom stereocenters. The molecule has 0 fully saturated rings. The molecule has 0 aliphatic carbocycles. The molecule has 0 spiro atoms. The summed E-state index contributed by atoms with van der Waals surface area (Å²) in [4.78, 5) is 13.3. The van der Waals surface area contributed by atoms with Crippen molar-refractivity contribution >= 4 is 34.4 Å². The number of fused-ring (bicyclic) bond motifs is 1. The van der Waals surface area contributed by atoms with Gasteiger partial charge < -0.3 is 10.6 Å². The van der Waals surface area contributed by atoms with Crippen LogP contribution in [0.5, 0.6) is 0 Å². The van der Waals surface area contributed by atoms with Crippen molar-refractivity contribution < 1.29 is 9.18 Å². The van der Waals surface area contributed by atoms with Gasteiger partial charge in [0.2, 0.25) is 0 Å². The van der Waals surface area contributed by atoms with E-state index in [1.807, 2.05) is 47.8 Å². The van der Waals surface area contributed by atoms with Gasteiger partial charge in [0.05, 0.1) is 10.6 Å². The number of hydrogen-bond donors (Lipinski definition) is 2. The van der Waals surface area contributed by atoms with Gasteiger partial charge in [-0.2, -0.15) is 9.61 Å². The number of nitrogens with zero attached hydrogens (tertiary/aromatic N) is 4. The molecule has 0 radical (unpaired) electrons. The maximum atomic E-state index is 13.0. The third-order valence-corrected chi connectivity index (χ3v) is 5.39. The zero-order chi connectivity index (χ0) is 21.2. The van der Waals surface area contributed by atoms with Crippen LogP contribution in [0.4, 0.5) is 20.6 Å². The Hall–Kier alpha value is -4.11. The van der Waals surface area contributed by atoms with Crippen LogP contribution in [-0.4, -0.2) is 25.8 Å². The van der Waals surface area contributed by atoms with Crippen LogP contribution in [0.3, 0.4) is 0 Å².